The van der Waals surface area contributed by atoms with Gasteiger partial charge in [0.05, 0.1) is 12.7 Å². The molecule has 2 nitrogen and oxygen atoms in total. The highest BCUT2D eigenvalue weighted by molar-refractivity contribution is 5.96. The number of hydrogen-bond acceptors (Lipinski definition) is 2. The van der Waals surface area contributed by atoms with Gasteiger partial charge in [-0.1, -0.05) is 13.8 Å². The molecule has 1 rings (SSSR count). The van der Waals surface area contributed by atoms with Gasteiger partial charge in [-0.2, -0.15) is 0 Å². The Bertz CT molecular complexity index is 359. The highest BCUT2D eigenvalue weighted by atomic mass is 19.1. The Morgan fingerprint density at radius 1 is 1.47 bits per heavy atom. The van der Waals surface area contributed by atoms with Crippen molar-refractivity contribution in [1.82, 2.24) is 0 Å². The van der Waals surface area contributed by atoms with Gasteiger partial charge in [0.15, 0.2) is 5.78 Å². The lowest BCUT2D eigenvalue weighted by molar-refractivity contribution is 0.0964. The fraction of sp³-hybridized carbons (Fsp3) is 0.417. The monoisotopic (exact) mass is 210 g/mol. The van der Waals surface area contributed by atoms with Gasteiger partial charge in [-0.25, -0.2) is 4.39 Å². The molecule has 0 aliphatic heterocycles. The number of Topliss-reactive ketones (excluding diaryl/α,β-unsaturated/α-hetero) is 1. The molecule has 0 saturated heterocycles. The van der Waals surface area contributed by atoms with E-state index >= 15 is 0 Å². The Balaban J connectivity index is 2.90. The van der Waals surface area contributed by atoms with Crippen molar-refractivity contribution in [3.05, 3.63) is 29.6 Å². The smallest absolute Gasteiger partial charge is 0.166 e. The normalized spacial score (nSPS) is 10.5. The van der Waals surface area contributed by atoms with Crippen molar-refractivity contribution in [3.8, 4) is 5.75 Å². The maximum atomic E-state index is 13.4. The van der Waals surface area contributed by atoms with Crippen molar-refractivity contribution in [2.75, 3.05) is 7.11 Å². The standard InChI is InChI=1S/C12H15FO2/c1-8(2)6-12(14)10-5-4-9(15-3)7-11(10)13/h4-5,7-8H,6H2,1-3H3. The summed E-state index contributed by atoms with van der Waals surface area (Å²) < 4.78 is 18.3. The number of rotatable bonds is 4. The van der Waals surface area contributed by atoms with Crippen molar-refractivity contribution in [2.45, 2.75) is 20.3 Å². The third-order valence-corrected chi connectivity index (χ3v) is 2.07. The lowest BCUT2D eigenvalue weighted by Crippen LogP contribution is -2.06. The van der Waals surface area contributed by atoms with Crippen LogP contribution in [0.5, 0.6) is 5.75 Å². The number of ether oxygens (including phenoxy) is 1. The molecule has 15 heavy (non-hydrogen) atoms. The molecule has 0 unspecified atom stereocenters. The number of ketones is 1. The molecule has 0 aliphatic carbocycles. The topological polar surface area (TPSA) is 26.3 Å². The highest BCUT2D eigenvalue weighted by Gasteiger charge is 2.13. The van der Waals surface area contributed by atoms with E-state index in [1.807, 2.05) is 13.8 Å². The first kappa shape index (κ1) is 11.7. The number of carbonyl (C=O) groups excluding carboxylic acids is 1. The predicted octanol–water partition coefficient (Wildman–Crippen LogP) is 3.06. The molecular weight excluding hydrogens is 195 g/mol. The number of carbonyl (C=O) groups is 1. The van der Waals surface area contributed by atoms with E-state index in [2.05, 4.69) is 0 Å². The summed E-state index contributed by atoms with van der Waals surface area (Å²) in [5, 5.41) is 0. The molecule has 82 valence electrons. The summed E-state index contributed by atoms with van der Waals surface area (Å²) in [5.41, 5.74) is 0.143. The van der Waals surface area contributed by atoms with E-state index < -0.39 is 5.82 Å². The van der Waals surface area contributed by atoms with Crippen LogP contribution in [-0.2, 0) is 0 Å². The molecular formula is C12H15FO2. The molecule has 0 aliphatic rings. The summed E-state index contributed by atoms with van der Waals surface area (Å²) in [5.74, 6) is -0.0160. The third kappa shape index (κ3) is 3.05. The van der Waals surface area contributed by atoms with Gasteiger partial charge in [-0.3, -0.25) is 4.79 Å². The van der Waals surface area contributed by atoms with Crippen LogP contribution in [0.15, 0.2) is 18.2 Å². The summed E-state index contributed by atoms with van der Waals surface area (Å²) in [7, 11) is 1.46. The molecule has 1 aromatic rings. The Labute approximate surface area is 89.1 Å². The molecule has 0 radical (unpaired) electrons. The second-order valence-electron chi connectivity index (χ2n) is 3.87. The van der Waals surface area contributed by atoms with Gasteiger partial charge in [-0.15, -0.1) is 0 Å². The zero-order valence-corrected chi connectivity index (χ0v) is 9.21. The second kappa shape index (κ2) is 4.91. The molecule has 1 aromatic carbocycles. The fourth-order valence-electron chi connectivity index (χ4n) is 1.33. The quantitative estimate of drug-likeness (QED) is 0.714. The SMILES string of the molecule is COc1ccc(C(=O)CC(C)C)c(F)c1. The van der Waals surface area contributed by atoms with Crippen LogP contribution in [0.25, 0.3) is 0 Å². The maximum absolute atomic E-state index is 13.4. The van der Waals surface area contributed by atoms with Crippen molar-refractivity contribution >= 4 is 5.78 Å². The molecule has 0 atom stereocenters. The summed E-state index contributed by atoms with van der Waals surface area (Å²) in [4.78, 5) is 11.6. The van der Waals surface area contributed by atoms with Crippen LogP contribution in [0.3, 0.4) is 0 Å². The van der Waals surface area contributed by atoms with Crippen molar-refractivity contribution in [1.29, 1.82) is 0 Å². The van der Waals surface area contributed by atoms with E-state index in [-0.39, 0.29) is 17.3 Å². The average molecular weight is 210 g/mol. The van der Waals surface area contributed by atoms with E-state index in [1.165, 1.54) is 19.2 Å². The first-order valence-electron chi connectivity index (χ1n) is 4.91. The zero-order chi connectivity index (χ0) is 11.4. The molecule has 3 heteroatoms. The van der Waals surface area contributed by atoms with Crippen LogP contribution in [0, 0.1) is 11.7 Å². The minimum atomic E-state index is -0.514. The molecule has 0 saturated carbocycles. The molecule has 0 spiro atoms. The van der Waals surface area contributed by atoms with Crippen LogP contribution >= 0.6 is 0 Å². The molecule has 0 aromatic heterocycles. The van der Waals surface area contributed by atoms with Crippen LogP contribution in [0.1, 0.15) is 30.6 Å². The predicted molar refractivity (Wildman–Crippen MR) is 56.7 cm³/mol. The van der Waals surface area contributed by atoms with Gasteiger partial charge < -0.3 is 4.74 Å². The van der Waals surface area contributed by atoms with E-state index in [1.54, 1.807) is 6.07 Å². The lowest BCUT2D eigenvalue weighted by Gasteiger charge is -2.06. The summed E-state index contributed by atoms with van der Waals surface area (Å²) in [6, 6.07) is 4.29. The molecule has 0 amide bonds. The van der Waals surface area contributed by atoms with Gasteiger partial charge >= 0.3 is 0 Å². The first-order valence-corrected chi connectivity index (χ1v) is 4.91. The van der Waals surface area contributed by atoms with Crippen molar-refractivity contribution in [3.63, 3.8) is 0 Å². The second-order valence-corrected chi connectivity index (χ2v) is 3.87. The average Bonchev–Trinajstić information content (AvgIpc) is 2.16. The fourth-order valence-corrected chi connectivity index (χ4v) is 1.33. The van der Waals surface area contributed by atoms with Crippen LogP contribution in [0.2, 0.25) is 0 Å². The molecule has 0 heterocycles. The Morgan fingerprint density at radius 3 is 2.60 bits per heavy atom. The molecule has 0 N–H and O–H groups in total. The summed E-state index contributed by atoms with van der Waals surface area (Å²) >= 11 is 0. The van der Waals surface area contributed by atoms with Crippen LogP contribution < -0.4 is 4.74 Å². The minimum absolute atomic E-state index is 0.143. The number of methoxy groups -OCH3 is 1. The third-order valence-electron chi connectivity index (χ3n) is 2.07. The molecule has 0 fully saturated rings. The van der Waals surface area contributed by atoms with Crippen LogP contribution in [-0.4, -0.2) is 12.9 Å². The maximum Gasteiger partial charge on any atom is 0.166 e. The zero-order valence-electron chi connectivity index (χ0n) is 9.21. The lowest BCUT2D eigenvalue weighted by atomic mass is 10.0. The van der Waals surface area contributed by atoms with E-state index in [9.17, 15) is 9.18 Å². The van der Waals surface area contributed by atoms with Crippen molar-refractivity contribution < 1.29 is 13.9 Å². The van der Waals surface area contributed by atoms with E-state index in [4.69, 9.17) is 4.74 Å². The summed E-state index contributed by atoms with van der Waals surface area (Å²) in [6.45, 7) is 3.86. The molecule has 0 bridgehead atoms. The van der Waals surface area contributed by atoms with E-state index in [0.717, 1.165) is 0 Å². The van der Waals surface area contributed by atoms with Gasteiger partial charge in [0.25, 0.3) is 0 Å². The van der Waals surface area contributed by atoms with Gasteiger partial charge in [0.1, 0.15) is 11.6 Å². The van der Waals surface area contributed by atoms with Gasteiger partial charge in [0, 0.05) is 12.5 Å². The number of hydrogen-bond donors (Lipinski definition) is 0. The Morgan fingerprint density at radius 2 is 2.13 bits per heavy atom. The largest absolute Gasteiger partial charge is 0.497 e. The van der Waals surface area contributed by atoms with E-state index in [0.29, 0.717) is 12.2 Å². The minimum Gasteiger partial charge on any atom is -0.497 e. The van der Waals surface area contributed by atoms with Crippen molar-refractivity contribution in [2.24, 2.45) is 5.92 Å². The van der Waals surface area contributed by atoms with Crippen LogP contribution in [0.4, 0.5) is 4.39 Å². The first-order chi connectivity index (χ1) is 7.04. The highest BCUT2D eigenvalue weighted by Crippen LogP contribution is 2.18. The van der Waals surface area contributed by atoms with Gasteiger partial charge in [0.2, 0.25) is 0 Å². The number of benzene rings is 1. The Kier molecular flexibility index (Phi) is 3.83. The number of halogens is 1. The summed E-state index contributed by atoms with van der Waals surface area (Å²) in [6.07, 6.45) is 0.364. The van der Waals surface area contributed by atoms with Gasteiger partial charge in [-0.05, 0) is 18.1 Å². The Hall–Kier alpha value is -1.38.